The van der Waals surface area contributed by atoms with Crippen LogP contribution in [0, 0.1) is 11.6 Å². The Balaban J connectivity index is 2.02. The van der Waals surface area contributed by atoms with Crippen LogP contribution >= 0.6 is 12.2 Å². The van der Waals surface area contributed by atoms with E-state index in [1.807, 2.05) is 0 Å². The third-order valence-corrected chi connectivity index (χ3v) is 3.19. The zero-order valence-corrected chi connectivity index (χ0v) is 13.4. The van der Waals surface area contributed by atoms with Crippen molar-refractivity contribution in [3.05, 3.63) is 59.7 Å². The van der Waals surface area contributed by atoms with Crippen LogP contribution in [0.4, 0.5) is 14.5 Å². The summed E-state index contributed by atoms with van der Waals surface area (Å²) >= 11 is 5.08. The van der Waals surface area contributed by atoms with E-state index in [2.05, 4.69) is 15.8 Å². The molecule has 120 valence electrons. The van der Waals surface area contributed by atoms with E-state index in [4.69, 9.17) is 17.0 Å². The molecule has 23 heavy (non-hydrogen) atoms. The average Bonchev–Trinajstić information content (AvgIpc) is 2.53. The molecular weight excluding hydrogens is 320 g/mol. The molecule has 0 heterocycles. The Kier molecular flexibility index (Phi) is 5.59. The first kappa shape index (κ1) is 16.8. The maximum Gasteiger partial charge on any atom is 0.191 e. The minimum atomic E-state index is -0.679. The van der Waals surface area contributed by atoms with Gasteiger partial charge in [0.1, 0.15) is 17.4 Å². The van der Waals surface area contributed by atoms with Gasteiger partial charge in [0.05, 0.1) is 18.4 Å². The molecule has 0 aromatic heterocycles. The molecule has 2 rings (SSSR count). The van der Waals surface area contributed by atoms with Crippen molar-refractivity contribution in [3.8, 4) is 5.75 Å². The first-order chi connectivity index (χ1) is 11.0. The number of methoxy groups -OCH3 is 1. The van der Waals surface area contributed by atoms with Gasteiger partial charge < -0.3 is 10.1 Å². The molecule has 7 heteroatoms. The van der Waals surface area contributed by atoms with Crippen molar-refractivity contribution in [2.45, 2.75) is 6.92 Å². The summed E-state index contributed by atoms with van der Waals surface area (Å²) < 4.78 is 32.3. The van der Waals surface area contributed by atoms with Crippen molar-refractivity contribution in [2.75, 3.05) is 12.4 Å². The smallest absolute Gasteiger partial charge is 0.191 e. The van der Waals surface area contributed by atoms with Gasteiger partial charge in [-0.3, -0.25) is 5.43 Å². The van der Waals surface area contributed by atoms with Crippen LogP contribution in [0.2, 0.25) is 0 Å². The van der Waals surface area contributed by atoms with Crippen LogP contribution in [0.1, 0.15) is 12.5 Å². The van der Waals surface area contributed by atoms with Crippen molar-refractivity contribution >= 4 is 28.7 Å². The first-order valence-corrected chi connectivity index (χ1v) is 7.12. The second kappa shape index (κ2) is 7.64. The largest absolute Gasteiger partial charge is 0.497 e. The zero-order chi connectivity index (χ0) is 16.8. The number of hydrogen-bond donors (Lipinski definition) is 2. The molecule has 2 aromatic rings. The minimum absolute atomic E-state index is 0.152. The van der Waals surface area contributed by atoms with E-state index in [-0.39, 0.29) is 16.4 Å². The van der Waals surface area contributed by atoms with E-state index in [0.29, 0.717) is 0 Å². The lowest BCUT2D eigenvalue weighted by Gasteiger charge is -2.09. The van der Waals surface area contributed by atoms with Crippen molar-refractivity contribution < 1.29 is 13.5 Å². The molecule has 0 aliphatic carbocycles. The maximum absolute atomic E-state index is 13.6. The van der Waals surface area contributed by atoms with Gasteiger partial charge in [-0.15, -0.1) is 0 Å². The summed E-state index contributed by atoms with van der Waals surface area (Å²) in [6, 6.07) is 10.7. The third-order valence-electron chi connectivity index (χ3n) is 3.00. The molecule has 0 saturated carbocycles. The molecule has 0 atom stereocenters. The topological polar surface area (TPSA) is 45.6 Å². The van der Waals surface area contributed by atoms with Crippen molar-refractivity contribution in [1.29, 1.82) is 0 Å². The van der Waals surface area contributed by atoms with Crippen molar-refractivity contribution in [1.82, 2.24) is 5.43 Å². The third kappa shape index (κ3) is 4.46. The molecule has 2 N–H and O–H groups in total. The second-order valence-electron chi connectivity index (χ2n) is 4.59. The van der Waals surface area contributed by atoms with E-state index < -0.39 is 11.6 Å². The van der Waals surface area contributed by atoms with Crippen LogP contribution in [0.15, 0.2) is 47.6 Å². The van der Waals surface area contributed by atoms with Gasteiger partial charge in [0.2, 0.25) is 0 Å². The highest BCUT2D eigenvalue weighted by molar-refractivity contribution is 7.80. The lowest BCUT2D eigenvalue weighted by Crippen LogP contribution is -2.25. The normalized spacial score (nSPS) is 11.0. The highest BCUT2D eigenvalue weighted by atomic mass is 32.1. The van der Waals surface area contributed by atoms with Crippen LogP contribution in [0.5, 0.6) is 5.75 Å². The number of nitrogens with one attached hydrogen (secondary N) is 2. The van der Waals surface area contributed by atoms with Gasteiger partial charge in [0.15, 0.2) is 5.11 Å². The van der Waals surface area contributed by atoms with Gasteiger partial charge in [-0.25, -0.2) is 8.78 Å². The van der Waals surface area contributed by atoms with Crippen molar-refractivity contribution in [3.63, 3.8) is 0 Å². The Hall–Kier alpha value is -2.54. The van der Waals surface area contributed by atoms with Crippen LogP contribution < -0.4 is 15.5 Å². The zero-order valence-electron chi connectivity index (χ0n) is 12.6. The molecule has 0 aliphatic rings. The molecule has 0 bridgehead atoms. The number of hydrazone groups is 1. The van der Waals surface area contributed by atoms with Crippen LogP contribution in [0.25, 0.3) is 0 Å². The average molecular weight is 335 g/mol. The summed E-state index contributed by atoms with van der Waals surface area (Å²) in [5, 5.41) is 7.00. The lowest BCUT2D eigenvalue weighted by atomic mass is 10.1. The van der Waals surface area contributed by atoms with Crippen LogP contribution in [-0.4, -0.2) is 17.9 Å². The molecule has 0 radical (unpaired) electrons. The molecule has 0 unspecified atom stereocenters. The van der Waals surface area contributed by atoms with E-state index in [0.717, 1.165) is 11.4 Å². The van der Waals surface area contributed by atoms with Gasteiger partial charge >= 0.3 is 0 Å². The van der Waals surface area contributed by atoms with Gasteiger partial charge in [-0.05, 0) is 55.5 Å². The van der Waals surface area contributed by atoms with Gasteiger partial charge in [0, 0.05) is 5.69 Å². The van der Waals surface area contributed by atoms with E-state index in [9.17, 15) is 8.78 Å². The summed E-state index contributed by atoms with van der Waals surface area (Å²) in [4.78, 5) is 0. The van der Waals surface area contributed by atoms with Crippen LogP contribution in [0.3, 0.4) is 0 Å². The summed E-state index contributed by atoms with van der Waals surface area (Å²) in [6.07, 6.45) is 0. The Morgan fingerprint density at radius 1 is 1.09 bits per heavy atom. The number of thiocarbonyl (C=S) groups is 1. The Labute approximate surface area is 138 Å². The predicted molar refractivity (Wildman–Crippen MR) is 90.9 cm³/mol. The molecule has 4 nitrogen and oxygen atoms in total. The number of anilines is 1. The number of ether oxygens (including phenoxy) is 1. The molecule has 0 spiro atoms. The minimum Gasteiger partial charge on any atom is -0.497 e. The highest BCUT2D eigenvalue weighted by Crippen LogP contribution is 2.15. The number of rotatable bonds is 4. The van der Waals surface area contributed by atoms with Gasteiger partial charge in [-0.1, -0.05) is 6.07 Å². The second-order valence-corrected chi connectivity index (χ2v) is 5.00. The van der Waals surface area contributed by atoms with E-state index >= 15 is 0 Å². The predicted octanol–water partition coefficient (Wildman–Crippen LogP) is 3.68. The number of benzene rings is 2. The molecular formula is C16H15F2N3OS. The molecule has 2 aromatic carbocycles. The summed E-state index contributed by atoms with van der Waals surface area (Å²) in [6.45, 7) is 1.49. The molecule has 0 fully saturated rings. The number of halogens is 2. The molecule has 0 saturated heterocycles. The molecule has 0 aliphatic heterocycles. The Morgan fingerprint density at radius 2 is 1.70 bits per heavy atom. The van der Waals surface area contributed by atoms with Gasteiger partial charge in [-0.2, -0.15) is 5.10 Å². The summed E-state index contributed by atoms with van der Waals surface area (Å²) in [5.41, 5.74) is 3.25. The van der Waals surface area contributed by atoms with E-state index in [1.54, 1.807) is 31.4 Å². The summed E-state index contributed by atoms with van der Waals surface area (Å²) in [7, 11) is 1.58. The number of hydrogen-bond acceptors (Lipinski definition) is 3. The van der Waals surface area contributed by atoms with Gasteiger partial charge in [0.25, 0.3) is 0 Å². The standard InChI is InChI=1S/C16H15F2N3OS/c1-10(15-13(17)4-3-5-14(15)18)20-21-16(23)19-11-6-8-12(22-2)9-7-11/h3-9H,1-2H3,(H2,19,21,23)/b20-10-. The SMILES string of the molecule is COc1ccc(NC(=S)N/N=C(/C)c2c(F)cccc2F)cc1. The monoisotopic (exact) mass is 335 g/mol. The highest BCUT2D eigenvalue weighted by Gasteiger charge is 2.11. The number of nitrogens with zero attached hydrogens (tertiary/aromatic N) is 1. The Morgan fingerprint density at radius 3 is 2.26 bits per heavy atom. The fourth-order valence-corrected chi connectivity index (χ4v) is 2.03. The fourth-order valence-electron chi connectivity index (χ4n) is 1.87. The fraction of sp³-hybridized carbons (Fsp3) is 0.125. The first-order valence-electron chi connectivity index (χ1n) is 6.71. The van der Waals surface area contributed by atoms with E-state index in [1.165, 1.54) is 25.1 Å². The quantitative estimate of drug-likeness (QED) is 0.508. The lowest BCUT2D eigenvalue weighted by molar-refractivity contribution is 0.415. The maximum atomic E-state index is 13.6. The molecule has 0 amide bonds. The Bertz CT molecular complexity index is 712. The van der Waals surface area contributed by atoms with Crippen LogP contribution in [-0.2, 0) is 0 Å². The summed E-state index contributed by atoms with van der Waals surface area (Å²) in [5.74, 6) is -0.637. The van der Waals surface area contributed by atoms with Crippen molar-refractivity contribution in [2.24, 2.45) is 5.10 Å².